The molecule has 0 saturated carbocycles. The summed E-state index contributed by atoms with van der Waals surface area (Å²) < 4.78 is 35.0. The number of fused-ring (bicyclic) bond motifs is 9. The molecule has 0 amide bonds. The molecule has 1 radical (unpaired) electrons. The van der Waals surface area contributed by atoms with Crippen molar-refractivity contribution in [1.82, 2.24) is 19.5 Å². The fraction of sp³-hybridized carbons (Fsp3) is 0.172. The summed E-state index contributed by atoms with van der Waals surface area (Å²) in [7, 11) is 0. The minimum atomic E-state index is -2.43. The van der Waals surface area contributed by atoms with Crippen LogP contribution in [0.2, 0.25) is 0 Å². The van der Waals surface area contributed by atoms with Gasteiger partial charge in [0.2, 0.25) is 5.71 Å². The van der Waals surface area contributed by atoms with Crippen molar-refractivity contribution in [2.75, 3.05) is 0 Å². The minimum absolute atomic E-state index is 0. The number of hydrogen-bond acceptors (Lipinski definition) is 4. The van der Waals surface area contributed by atoms with Crippen LogP contribution >= 0.6 is 0 Å². The Balaban J connectivity index is 0.000000307. The Morgan fingerprint density at radius 2 is 1.31 bits per heavy atom. The number of furan rings is 1. The summed E-state index contributed by atoms with van der Waals surface area (Å²) in [6, 6.07) is 62.4. The zero-order valence-electron chi connectivity index (χ0n) is 43.4. The normalized spacial score (nSPS) is 12.7. The largest absolute Gasteiger partial charge is 0.486 e. The molecule has 0 bridgehead atoms. The van der Waals surface area contributed by atoms with Crippen LogP contribution in [0, 0.1) is 19.0 Å². The van der Waals surface area contributed by atoms with Crippen molar-refractivity contribution in [3.63, 3.8) is 0 Å². The molecule has 70 heavy (non-hydrogen) atoms. The molecule has 4 aromatic heterocycles. The molecule has 12 aromatic rings. The summed E-state index contributed by atoms with van der Waals surface area (Å²) >= 11 is 0. The second-order valence-corrected chi connectivity index (χ2v) is 19.6. The maximum Gasteiger partial charge on any atom is 0.216 e. The number of aromatic nitrogens is 4. The standard InChI is InChI=1S/C49H38N3O.C15H16N.Ir/c1-28(2)39-26-35(31-13-7-6-8-14-31)27-40(29(3)4)45(39)52-46-37-18-12-10-16-33(37)22-24-42(46)50-48(52)38-23-19-30(5)43-41-25-34-21-20-32-15-9-11-17-36(32)44(34)51-49(41)53-47(38)43;1-15(2,3)13-9-10-16-14(11-13)12-7-5-4-6-8-12;/h6-22,24-29H,1-5H3;4-7,9-11H,1-3H3;/q2*-1;/i5D3;;. The van der Waals surface area contributed by atoms with Crippen LogP contribution in [0.5, 0.6) is 0 Å². The molecule has 0 aliphatic carbocycles. The van der Waals surface area contributed by atoms with Gasteiger partial charge in [0.05, 0.1) is 28.0 Å². The number of nitrogens with zero attached hydrogens (tertiary/aromatic N) is 4. The van der Waals surface area contributed by atoms with E-state index >= 15 is 0 Å². The number of hydrogen-bond donors (Lipinski definition) is 0. The Morgan fingerprint density at radius 1 is 0.643 bits per heavy atom. The Labute approximate surface area is 427 Å². The van der Waals surface area contributed by atoms with Crippen LogP contribution in [0.25, 0.3) is 105 Å². The Bertz CT molecular complexity index is 3990. The van der Waals surface area contributed by atoms with E-state index in [4.69, 9.17) is 18.5 Å². The van der Waals surface area contributed by atoms with Crippen molar-refractivity contribution in [1.29, 1.82) is 0 Å². The molecule has 0 atom stereocenters. The van der Waals surface area contributed by atoms with Gasteiger partial charge in [-0.1, -0.05) is 169 Å². The molecule has 0 saturated heterocycles. The monoisotopic (exact) mass is 1090 g/mol. The van der Waals surface area contributed by atoms with Crippen LogP contribution in [-0.4, -0.2) is 19.5 Å². The first kappa shape index (κ1) is 42.8. The summed E-state index contributed by atoms with van der Waals surface area (Å²) in [6.07, 6.45) is 1.87. The van der Waals surface area contributed by atoms with Crippen LogP contribution in [0.15, 0.2) is 174 Å². The molecule has 8 aromatic carbocycles. The fourth-order valence-electron chi connectivity index (χ4n) is 9.75. The van der Waals surface area contributed by atoms with Gasteiger partial charge in [0.15, 0.2) is 0 Å². The number of pyridine rings is 2. The molecule has 5 nitrogen and oxygen atoms in total. The van der Waals surface area contributed by atoms with Crippen molar-refractivity contribution in [2.24, 2.45) is 0 Å². The van der Waals surface area contributed by atoms with Gasteiger partial charge < -0.3 is 14.0 Å². The topological polar surface area (TPSA) is 56.7 Å². The van der Waals surface area contributed by atoms with E-state index in [0.29, 0.717) is 33.5 Å². The molecule has 0 spiro atoms. The quantitative estimate of drug-likeness (QED) is 0.123. The average molecular weight is 1090 g/mol. The number of rotatable bonds is 6. The van der Waals surface area contributed by atoms with Crippen LogP contribution in [0.3, 0.4) is 0 Å². The Morgan fingerprint density at radius 3 is 2.01 bits per heavy atom. The van der Waals surface area contributed by atoms with Crippen molar-refractivity contribution in [2.45, 2.75) is 72.6 Å². The second kappa shape index (κ2) is 18.6. The van der Waals surface area contributed by atoms with Crippen molar-refractivity contribution < 1.29 is 28.6 Å². The molecule has 0 N–H and O–H groups in total. The Kier molecular flexibility index (Phi) is 11.4. The van der Waals surface area contributed by atoms with Crippen LogP contribution in [0.1, 0.15) is 86.7 Å². The first-order valence-electron chi connectivity index (χ1n) is 25.3. The summed E-state index contributed by atoms with van der Waals surface area (Å²) in [5, 5.41) is 6.31. The van der Waals surface area contributed by atoms with Gasteiger partial charge in [-0.15, -0.1) is 53.6 Å². The van der Waals surface area contributed by atoms with Gasteiger partial charge in [-0.2, -0.15) is 0 Å². The third-order valence-electron chi connectivity index (χ3n) is 13.3. The molecule has 0 aliphatic heterocycles. The van der Waals surface area contributed by atoms with Crippen molar-refractivity contribution in [3.8, 4) is 39.5 Å². The third-order valence-corrected chi connectivity index (χ3v) is 13.3. The average Bonchev–Trinajstić information content (AvgIpc) is 3.96. The van der Waals surface area contributed by atoms with Gasteiger partial charge in [0.25, 0.3) is 0 Å². The van der Waals surface area contributed by atoms with E-state index in [0.717, 1.165) is 71.6 Å². The zero-order chi connectivity index (χ0) is 50.1. The number of benzene rings is 8. The Hall–Kier alpha value is -7.24. The van der Waals surface area contributed by atoms with Crippen molar-refractivity contribution in [3.05, 3.63) is 204 Å². The van der Waals surface area contributed by atoms with E-state index in [9.17, 15) is 0 Å². The summed E-state index contributed by atoms with van der Waals surface area (Å²) in [6.45, 7) is 13.2. The summed E-state index contributed by atoms with van der Waals surface area (Å²) in [5.41, 5.74) is 13.4. The predicted molar refractivity (Wildman–Crippen MR) is 288 cm³/mol. The molecule has 347 valence electrons. The van der Waals surface area contributed by atoms with Gasteiger partial charge >= 0.3 is 0 Å². The summed E-state index contributed by atoms with van der Waals surface area (Å²) in [5.74, 6) is 0.945. The van der Waals surface area contributed by atoms with Gasteiger partial charge in [-0.25, -0.2) is 4.98 Å². The molecule has 12 rings (SSSR count). The molecule has 6 heteroatoms. The molecule has 0 unspecified atom stereocenters. The smallest absolute Gasteiger partial charge is 0.216 e. The van der Waals surface area contributed by atoms with Crippen LogP contribution in [0.4, 0.5) is 0 Å². The van der Waals surface area contributed by atoms with Crippen LogP contribution in [-0.2, 0) is 25.5 Å². The van der Waals surface area contributed by atoms with Gasteiger partial charge in [0.1, 0.15) is 0 Å². The SMILES string of the molecule is CC(C)(C)c1ccnc(-c2[c-]cccc2)c1.[2H]C([2H])([2H])c1c[c-]c(-c2nc3ccc4ccccc4c3n2-c2c(C(C)C)cc(-c3ccccc3)cc2C(C)C)c2oc3nc4c(ccc5ccccc54)cc3c12.[Ir]. The van der Waals surface area contributed by atoms with E-state index in [1.807, 2.05) is 60.8 Å². The number of aryl methyl sites for hydroxylation is 1. The maximum absolute atomic E-state index is 8.64. The van der Waals surface area contributed by atoms with Gasteiger partial charge in [0, 0.05) is 57.6 Å². The fourth-order valence-corrected chi connectivity index (χ4v) is 9.75. The predicted octanol–water partition coefficient (Wildman–Crippen LogP) is 17.3. The van der Waals surface area contributed by atoms with Gasteiger partial charge in [-0.3, -0.25) is 4.98 Å². The number of imidazole rings is 1. The minimum Gasteiger partial charge on any atom is -0.486 e. The first-order valence-corrected chi connectivity index (χ1v) is 23.8. The second-order valence-electron chi connectivity index (χ2n) is 19.6. The third kappa shape index (κ3) is 8.29. The first-order chi connectivity index (χ1) is 34.6. The molecular formula is C64H54IrN4O-2. The molecule has 0 aliphatic rings. The zero-order valence-corrected chi connectivity index (χ0v) is 42.7. The van der Waals surface area contributed by atoms with E-state index < -0.39 is 6.85 Å². The van der Waals surface area contributed by atoms with E-state index in [1.165, 1.54) is 16.7 Å². The molecule has 4 heterocycles. The van der Waals surface area contributed by atoms with Crippen molar-refractivity contribution >= 4 is 65.6 Å². The summed E-state index contributed by atoms with van der Waals surface area (Å²) in [4.78, 5) is 14.9. The van der Waals surface area contributed by atoms with E-state index in [2.05, 4.69) is 173 Å². The van der Waals surface area contributed by atoms with Gasteiger partial charge in [-0.05, 0) is 91.9 Å². The molecular weight excluding hydrogens is 1030 g/mol. The molecule has 0 fully saturated rings. The van der Waals surface area contributed by atoms with E-state index in [-0.39, 0.29) is 42.9 Å². The van der Waals surface area contributed by atoms with E-state index in [1.54, 1.807) is 6.07 Å². The van der Waals surface area contributed by atoms with Crippen LogP contribution < -0.4 is 0 Å². The maximum atomic E-state index is 8.64.